The number of hydrogen-bond donors (Lipinski definition) is 1. The molecule has 2 heterocycles. The summed E-state index contributed by atoms with van der Waals surface area (Å²) < 4.78 is 4.89. The molecule has 0 aliphatic rings. The molecule has 6 heteroatoms. The van der Waals surface area contributed by atoms with Gasteiger partial charge in [-0.25, -0.2) is 4.79 Å². The summed E-state index contributed by atoms with van der Waals surface area (Å²) in [5, 5.41) is 0. The molecule has 1 N–H and O–H groups in total. The van der Waals surface area contributed by atoms with Gasteiger partial charge in [-0.15, -0.1) is 0 Å². The molecule has 2 rings (SSSR count). The number of hydrogen-bond acceptors (Lipinski definition) is 5. The third-order valence-corrected chi connectivity index (χ3v) is 3.00. The maximum Gasteiger partial charge on any atom is 0.356 e. The summed E-state index contributed by atoms with van der Waals surface area (Å²) in [5.74, 6) is -0.516. The van der Waals surface area contributed by atoms with E-state index in [1.54, 1.807) is 31.5 Å². The van der Waals surface area contributed by atoms with Crippen LogP contribution in [0.25, 0.3) is 10.4 Å². The van der Waals surface area contributed by atoms with Gasteiger partial charge in [-0.3, -0.25) is 9.78 Å². The molecule has 0 atom stereocenters. The van der Waals surface area contributed by atoms with Crippen LogP contribution in [-0.4, -0.2) is 22.5 Å². The SMILES string of the molecule is CCOC(=O)c1[nH]c(=O)sc1-c1ccncc1. The lowest BCUT2D eigenvalue weighted by Gasteiger charge is -2.02. The Morgan fingerprint density at radius 3 is 2.82 bits per heavy atom. The molecule has 5 nitrogen and oxygen atoms in total. The predicted octanol–water partition coefficient (Wildman–Crippen LogP) is 1.68. The third-order valence-electron chi connectivity index (χ3n) is 2.07. The fourth-order valence-corrected chi connectivity index (χ4v) is 2.21. The summed E-state index contributed by atoms with van der Waals surface area (Å²) in [7, 11) is 0. The van der Waals surface area contributed by atoms with Crippen LogP contribution in [-0.2, 0) is 4.74 Å². The van der Waals surface area contributed by atoms with Crippen molar-refractivity contribution in [2.75, 3.05) is 6.61 Å². The van der Waals surface area contributed by atoms with Crippen LogP contribution in [0.15, 0.2) is 29.3 Å². The molecule has 88 valence electrons. The molecule has 0 aliphatic carbocycles. The molecule has 0 saturated carbocycles. The van der Waals surface area contributed by atoms with Gasteiger partial charge in [-0.05, 0) is 24.6 Å². The molecule has 0 unspecified atom stereocenters. The highest BCUT2D eigenvalue weighted by atomic mass is 32.1. The maximum atomic E-state index is 11.7. The fourth-order valence-electron chi connectivity index (χ4n) is 1.38. The number of H-pyrrole nitrogens is 1. The average molecular weight is 250 g/mol. The van der Waals surface area contributed by atoms with Crippen LogP contribution in [0.1, 0.15) is 17.4 Å². The summed E-state index contributed by atoms with van der Waals surface area (Å²) in [4.78, 5) is 29.7. The van der Waals surface area contributed by atoms with Gasteiger partial charge in [0.05, 0.1) is 11.5 Å². The highest BCUT2D eigenvalue weighted by molar-refractivity contribution is 7.13. The highest BCUT2D eigenvalue weighted by Crippen LogP contribution is 2.25. The van der Waals surface area contributed by atoms with Crippen LogP contribution in [0.3, 0.4) is 0 Å². The number of nitrogens with one attached hydrogen (secondary N) is 1. The number of pyridine rings is 1. The first-order valence-corrected chi connectivity index (χ1v) is 5.84. The Hall–Kier alpha value is -1.95. The van der Waals surface area contributed by atoms with Crippen LogP contribution in [0.4, 0.5) is 0 Å². The van der Waals surface area contributed by atoms with Crippen molar-refractivity contribution >= 4 is 17.3 Å². The molecule has 0 radical (unpaired) electrons. The van der Waals surface area contributed by atoms with Crippen molar-refractivity contribution in [3.05, 3.63) is 39.9 Å². The lowest BCUT2D eigenvalue weighted by Crippen LogP contribution is -2.08. The largest absolute Gasteiger partial charge is 0.461 e. The predicted molar refractivity (Wildman–Crippen MR) is 64.1 cm³/mol. The lowest BCUT2D eigenvalue weighted by atomic mass is 10.2. The van der Waals surface area contributed by atoms with Gasteiger partial charge in [0, 0.05) is 12.4 Å². The Morgan fingerprint density at radius 2 is 2.18 bits per heavy atom. The van der Waals surface area contributed by atoms with E-state index in [1.807, 2.05) is 0 Å². The molecular formula is C11H10N2O3S. The molecule has 2 aromatic heterocycles. The Bertz CT molecular complexity index is 574. The number of esters is 1. The average Bonchev–Trinajstić information content (AvgIpc) is 2.73. The number of carbonyl (C=O) groups is 1. The summed E-state index contributed by atoms with van der Waals surface area (Å²) in [5.41, 5.74) is 0.972. The van der Waals surface area contributed by atoms with Gasteiger partial charge in [0.2, 0.25) is 0 Å². The topological polar surface area (TPSA) is 72.1 Å². The first kappa shape index (κ1) is 11.5. The first-order valence-electron chi connectivity index (χ1n) is 5.03. The van der Waals surface area contributed by atoms with E-state index in [-0.39, 0.29) is 17.2 Å². The van der Waals surface area contributed by atoms with Gasteiger partial charge in [0.25, 0.3) is 0 Å². The Labute approximate surface area is 101 Å². The van der Waals surface area contributed by atoms with E-state index in [0.717, 1.165) is 16.9 Å². The van der Waals surface area contributed by atoms with Crippen LogP contribution < -0.4 is 4.87 Å². The molecule has 2 aromatic rings. The number of ether oxygens (including phenoxy) is 1. The zero-order chi connectivity index (χ0) is 12.3. The van der Waals surface area contributed by atoms with Gasteiger partial charge >= 0.3 is 10.8 Å². The standard InChI is InChI=1S/C11H10N2O3S/c1-2-16-10(14)8-9(17-11(15)13-8)7-3-5-12-6-4-7/h3-6H,2H2,1H3,(H,13,15). The molecule has 17 heavy (non-hydrogen) atoms. The van der Waals surface area contributed by atoms with Gasteiger partial charge in [0.1, 0.15) is 5.69 Å². The molecular weight excluding hydrogens is 240 g/mol. The van der Waals surface area contributed by atoms with Crippen LogP contribution in [0.2, 0.25) is 0 Å². The van der Waals surface area contributed by atoms with Crippen molar-refractivity contribution in [3.8, 4) is 10.4 Å². The maximum absolute atomic E-state index is 11.7. The molecule has 0 spiro atoms. The molecule has 0 amide bonds. The van der Waals surface area contributed by atoms with Gasteiger partial charge < -0.3 is 9.72 Å². The van der Waals surface area contributed by atoms with Crippen molar-refractivity contribution in [3.63, 3.8) is 0 Å². The van der Waals surface area contributed by atoms with E-state index >= 15 is 0 Å². The number of carbonyl (C=O) groups excluding carboxylic acids is 1. The van der Waals surface area contributed by atoms with Gasteiger partial charge in [-0.1, -0.05) is 11.3 Å². The van der Waals surface area contributed by atoms with E-state index in [9.17, 15) is 9.59 Å². The monoisotopic (exact) mass is 250 g/mol. The zero-order valence-corrected chi connectivity index (χ0v) is 9.91. The molecule has 0 aromatic carbocycles. The van der Waals surface area contributed by atoms with Crippen LogP contribution >= 0.6 is 11.3 Å². The normalized spacial score (nSPS) is 10.2. The Balaban J connectivity index is 2.48. The van der Waals surface area contributed by atoms with Crippen molar-refractivity contribution < 1.29 is 9.53 Å². The third kappa shape index (κ3) is 2.42. The lowest BCUT2D eigenvalue weighted by molar-refractivity contribution is 0.0521. The zero-order valence-electron chi connectivity index (χ0n) is 9.10. The quantitative estimate of drug-likeness (QED) is 0.841. The number of rotatable bonds is 3. The number of thiazole rings is 1. The van der Waals surface area contributed by atoms with Crippen molar-refractivity contribution in [1.29, 1.82) is 0 Å². The Morgan fingerprint density at radius 1 is 1.47 bits per heavy atom. The summed E-state index contributed by atoms with van der Waals surface area (Å²) in [6.45, 7) is 1.99. The van der Waals surface area contributed by atoms with Crippen molar-refractivity contribution in [1.82, 2.24) is 9.97 Å². The summed E-state index contributed by atoms with van der Waals surface area (Å²) >= 11 is 0.982. The minimum Gasteiger partial charge on any atom is -0.461 e. The second-order valence-corrected chi connectivity index (χ2v) is 4.16. The van der Waals surface area contributed by atoms with E-state index < -0.39 is 5.97 Å². The van der Waals surface area contributed by atoms with E-state index in [4.69, 9.17) is 4.74 Å². The summed E-state index contributed by atoms with van der Waals surface area (Å²) in [6.07, 6.45) is 3.21. The number of aromatic nitrogens is 2. The van der Waals surface area contributed by atoms with Crippen LogP contribution in [0, 0.1) is 0 Å². The van der Waals surface area contributed by atoms with Gasteiger partial charge in [0.15, 0.2) is 0 Å². The number of nitrogens with zero attached hydrogens (tertiary/aromatic N) is 1. The fraction of sp³-hybridized carbons (Fsp3) is 0.182. The second kappa shape index (κ2) is 4.92. The first-order chi connectivity index (χ1) is 8.22. The molecule has 0 saturated heterocycles. The minimum atomic E-state index is -0.516. The van der Waals surface area contributed by atoms with Gasteiger partial charge in [-0.2, -0.15) is 0 Å². The highest BCUT2D eigenvalue weighted by Gasteiger charge is 2.18. The minimum absolute atomic E-state index is 0.202. The molecule has 0 aliphatic heterocycles. The van der Waals surface area contributed by atoms with E-state index in [2.05, 4.69) is 9.97 Å². The molecule has 0 fully saturated rings. The molecule has 0 bridgehead atoms. The van der Waals surface area contributed by atoms with E-state index in [0.29, 0.717) is 4.88 Å². The van der Waals surface area contributed by atoms with Crippen LogP contribution in [0.5, 0.6) is 0 Å². The number of aromatic amines is 1. The summed E-state index contributed by atoms with van der Waals surface area (Å²) in [6, 6.07) is 3.48. The second-order valence-electron chi connectivity index (χ2n) is 3.18. The van der Waals surface area contributed by atoms with E-state index in [1.165, 1.54) is 0 Å². The van der Waals surface area contributed by atoms with Crippen molar-refractivity contribution in [2.24, 2.45) is 0 Å². The van der Waals surface area contributed by atoms with Crippen molar-refractivity contribution in [2.45, 2.75) is 6.92 Å². The smallest absolute Gasteiger partial charge is 0.356 e. The Kier molecular flexibility index (Phi) is 3.34.